The summed E-state index contributed by atoms with van der Waals surface area (Å²) in [5, 5.41) is 6.24. The normalized spacial score (nSPS) is 17.1. The minimum absolute atomic E-state index is 0.00740. The summed E-state index contributed by atoms with van der Waals surface area (Å²) < 4.78 is 0. The topological polar surface area (TPSA) is 61.4 Å². The van der Waals surface area contributed by atoms with E-state index >= 15 is 0 Å². The van der Waals surface area contributed by atoms with E-state index < -0.39 is 0 Å². The van der Waals surface area contributed by atoms with Gasteiger partial charge < -0.3 is 15.5 Å². The summed E-state index contributed by atoms with van der Waals surface area (Å²) in [6, 6.07) is 15.7. The van der Waals surface area contributed by atoms with Gasteiger partial charge in [-0.1, -0.05) is 29.8 Å². The molecule has 2 aromatic rings. The van der Waals surface area contributed by atoms with Crippen LogP contribution in [0.15, 0.2) is 48.5 Å². The number of nitrogens with zero attached hydrogens (tertiary/aromatic N) is 1. The van der Waals surface area contributed by atoms with Crippen molar-refractivity contribution in [3.63, 3.8) is 0 Å². The fourth-order valence-corrected chi connectivity index (χ4v) is 3.92. The lowest BCUT2D eigenvalue weighted by molar-refractivity contribution is 0.0929. The fraction of sp³-hybridized carbons (Fsp3) is 0.417. The third-order valence-electron chi connectivity index (χ3n) is 5.85. The van der Waals surface area contributed by atoms with E-state index in [1.807, 2.05) is 55.5 Å². The lowest BCUT2D eigenvalue weighted by Crippen LogP contribution is -2.45. The number of benzene rings is 2. The molecule has 0 radical (unpaired) electrons. The first kappa shape index (κ1) is 19.5. The summed E-state index contributed by atoms with van der Waals surface area (Å²) in [5.74, 6) is 0.674. The summed E-state index contributed by atoms with van der Waals surface area (Å²) in [6.45, 7) is 4.42. The molecule has 5 nitrogen and oxygen atoms in total. The van der Waals surface area contributed by atoms with Crippen LogP contribution in [0.25, 0.3) is 0 Å². The lowest BCUT2D eigenvalue weighted by Gasteiger charge is -2.35. The second-order valence-electron chi connectivity index (χ2n) is 8.27. The molecule has 2 N–H and O–H groups in total. The largest absolute Gasteiger partial charge is 0.371 e. The highest BCUT2D eigenvalue weighted by molar-refractivity contribution is 6.00. The second-order valence-corrected chi connectivity index (χ2v) is 8.27. The van der Waals surface area contributed by atoms with E-state index in [9.17, 15) is 9.59 Å². The molecule has 2 fully saturated rings. The maximum absolute atomic E-state index is 12.6. The number of rotatable bonds is 6. The lowest BCUT2D eigenvalue weighted by atomic mass is 10.0. The van der Waals surface area contributed by atoms with Crippen molar-refractivity contribution in [1.82, 2.24) is 10.6 Å². The van der Waals surface area contributed by atoms with E-state index in [0.717, 1.165) is 49.3 Å². The van der Waals surface area contributed by atoms with Gasteiger partial charge in [-0.15, -0.1) is 0 Å². The molecule has 0 aromatic heterocycles. The molecule has 1 saturated carbocycles. The van der Waals surface area contributed by atoms with Crippen molar-refractivity contribution in [2.45, 2.75) is 38.6 Å². The number of para-hydroxylation sites is 1. The van der Waals surface area contributed by atoms with Crippen LogP contribution in [0.5, 0.6) is 0 Å². The maximum Gasteiger partial charge on any atom is 0.253 e. The monoisotopic (exact) mass is 391 g/mol. The zero-order chi connectivity index (χ0) is 20.2. The number of anilines is 1. The number of hydrogen-bond donors (Lipinski definition) is 2. The van der Waals surface area contributed by atoms with Gasteiger partial charge in [-0.2, -0.15) is 0 Å². The summed E-state index contributed by atoms with van der Waals surface area (Å²) >= 11 is 0. The van der Waals surface area contributed by atoms with Crippen molar-refractivity contribution >= 4 is 17.5 Å². The molecule has 2 amide bonds. The van der Waals surface area contributed by atoms with E-state index in [0.29, 0.717) is 11.5 Å². The highest BCUT2D eigenvalue weighted by atomic mass is 16.2. The SMILES string of the molecule is Cc1cccc(C(=O)NC2CCN(c3ccccc3C(=O)NCC3CC3)CC2)c1. The minimum Gasteiger partial charge on any atom is -0.371 e. The van der Waals surface area contributed by atoms with Crippen LogP contribution in [0.1, 0.15) is 52.0 Å². The van der Waals surface area contributed by atoms with Gasteiger partial charge in [0.1, 0.15) is 0 Å². The molecule has 1 aliphatic heterocycles. The molecule has 5 heteroatoms. The zero-order valence-corrected chi connectivity index (χ0v) is 17.0. The Kier molecular flexibility index (Phi) is 5.84. The van der Waals surface area contributed by atoms with Crippen LogP contribution in [0.3, 0.4) is 0 Å². The number of amides is 2. The van der Waals surface area contributed by atoms with Crippen molar-refractivity contribution in [3.8, 4) is 0 Å². The smallest absolute Gasteiger partial charge is 0.253 e. The Balaban J connectivity index is 1.34. The third kappa shape index (κ3) is 4.97. The summed E-state index contributed by atoms with van der Waals surface area (Å²) in [5.41, 5.74) is 3.54. The summed E-state index contributed by atoms with van der Waals surface area (Å²) in [4.78, 5) is 27.4. The third-order valence-corrected chi connectivity index (χ3v) is 5.85. The molecule has 1 aliphatic carbocycles. The Labute approximate surface area is 172 Å². The highest BCUT2D eigenvalue weighted by Crippen LogP contribution is 2.28. The minimum atomic E-state index is -0.00740. The van der Waals surface area contributed by atoms with Gasteiger partial charge in [-0.05, 0) is 62.8 Å². The molecule has 0 bridgehead atoms. The zero-order valence-electron chi connectivity index (χ0n) is 17.0. The predicted octanol–water partition coefficient (Wildman–Crippen LogP) is 3.53. The molecule has 2 aliphatic rings. The van der Waals surface area contributed by atoms with Crippen LogP contribution in [-0.4, -0.2) is 37.5 Å². The predicted molar refractivity (Wildman–Crippen MR) is 115 cm³/mol. The van der Waals surface area contributed by atoms with E-state index in [2.05, 4.69) is 15.5 Å². The Morgan fingerprint density at radius 3 is 2.45 bits per heavy atom. The molecule has 4 rings (SSSR count). The van der Waals surface area contributed by atoms with Gasteiger partial charge in [0.15, 0.2) is 0 Å². The molecule has 29 heavy (non-hydrogen) atoms. The van der Waals surface area contributed by atoms with Crippen molar-refractivity contribution < 1.29 is 9.59 Å². The van der Waals surface area contributed by atoms with Crippen molar-refractivity contribution in [3.05, 3.63) is 65.2 Å². The van der Waals surface area contributed by atoms with Gasteiger partial charge in [-0.3, -0.25) is 9.59 Å². The Morgan fingerprint density at radius 1 is 0.966 bits per heavy atom. The van der Waals surface area contributed by atoms with Gasteiger partial charge in [0, 0.05) is 36.9 Å². The van der Waals surface area contributed by atoms with E-state index in [1.54, 1.807) is 0 Å². The van der Waals surface area contributed by atoms with Crippen LogP contribution < -0.4 is 15.5 Å². The molecular weight excluding hydrogens is 362 g/mol. The van der Waals surface area contributed by atoms with Gasteiger partial charge in [0.2, 0.25) is 0 Å². The number of carbonyl (C=O) groups excluding carboxylic acids is 2. The summed E-state index contributed by atoms with van der Waals surface area (Å²) in [7, 11) is 0. The number of piperidine rings is 1. The number of hydrogen-bond acceptors (Lipinski definition) is 3. The molecule has 0 spiro atoms. The number of carbonyl (C=O) groups is 2. The van der Waals surface area contributed by atoms with Crippen molar-refractivity contribution in [2.75, 3.05) is 24.5 Å². The molecule has 152 valence electrons. The fourth-order valence-electron chi connectivity index (χ4n) is 3.92. The van der Waals surface area contributed by atoms with Crippen LogP contribution in [-0.2, 0) is 0 Å². The average molecular weight is 392 g/mol. The Morgan fingerprint density at radius 2 is 1.72 bits per heavy atom. The van der Waals surface area contributed by atoms with Crippen molar-refractivity contribution in [2.24, 2.45) is 5.92 Å². The Hall–Kier alpha value is -2.82. The maximum atomic E-state index is 12.6. The van der Waals surface area contributed by atoms with Crippen LogP contribution in [0, 0.1) is 12.8 Å². The van der Waals surface area contributed by atoms with Crippen LogP contribution >= 0.6 is 0 Å². The molecular formula is C24H29N3O2. The molecule has 1 heterocycles. The van der Waals surface area contributed by atoms with Crippen molar-refractivity contribution in [1.29, 1.82) is 0 Å². The average Bonchev–Trinajstić information content (AvgIpc) is 3.57. The summed E-state index contributed by atoms with van der Waals surface area (Å²) in [6.07, 6.45) is 4.19. The molecule has 0 unspecified atom stereocenters. The van der Waals surface area contributed by atoms with Gasteiger partial charge in [-0.25, -0.2) is 0 Å². The Bertz CT molecular complexity index is 883. The number of nitrogens with one attached hydrogen (secondary N) is 2. The molecule has 0 atom stereocenters. The first-order chi connectivity index (χ1) is 14.1. The first-order valence-corrected chi connectivity index (χ1v) is 10.6. The van der Waals surface area contributed by atoms with E-state index in [-0.39, 0.29) is 17.9 Å². The first-order valence-electron chi connectivity index (χ1n) is 10.6. The van der Waals surface area contributed by atoms with Gasteiger partial charge in [0.05, 0.1) is 5.56 Å². The van der Waals surface area contributed by atoms with Crippen LogP contribution in [0.2, 0.25) is 0 Å². The standard InChI is InChI=1S/C24H29N3O2/c1-17-5-4-6-19(15-17)23(28)26-20-11-13-27(14-12-20)22-8-3-2-7-21(22)24(29)25-16-18-9-10-18/h2-8,15,18,20H,9-14,16H2,1H3,(H,25,29)(H,26,28). The number of aryl methyl sites for hydroxylation is 1. The van der Waals surface area contributed by atoms with E-state index in [4.69, 9.17) is 0 Å². The van der Waals surface area contributed by atoms with Gasteiger partial charge >= 0.3 is 0 Å². The van der Waals surface area contributed by atoms with Gasteiger partial charge in [0.25, 0.3) is 11.8 Å². The quantitative estimate of drug-likeness (QED) is 0.792. The van der Waals surface area contributed by atoms with E-state index in [1.165, 1.54) is 12.8 Å². The highest BCUT2D eigenvalue weighted by Gasteiger charge is 2.25. The second kappa shape index (κ2) is 8.68. The van der Waals surface area contributed by atoms with Crippen LogP contribution in [0.4, 0.5) is 5.69 Å². The molecule has 1 saturated heterocycles. The molecule has 2 aromatic carbocycles.